The van der Waals surface area contributed by atoms with E-state index >= 15 is 0 Å². The SMILES string of the molecule is CCCCCCCCCCCCCCCC[SiH](C)[O]. The van der Waals surface area contributed by atoms with Gasteiger partial charge in [-0.25, -0.2) is 0 Å². The van der Waals surface area contributed by atoms with Crippen LogP contribution in [0.2, 0.25) is 12.6 Å². The summed E-state index contributed by atoms with van der Waals surface area (Å²) < 4.78 is 0. The molecule has 0 aromatic carbocycles. The van der Waals surface area contributed by atoms with Crippen molar-refractivity contribution in [3.8, 4) is 0 Å². The molecular weight excluding hydrogens is 248 g/mol. The van der Waals surface area contributed by atoms with E-state index in [0.717, 1.165) is 6.04 Å². The first-order valence-electron chi connectivity index (χ1n) is 8.93. The summed E-state index contributed by atoms with van der Waals surface area (Å²) in [6.45, 7) is 4.20. The third-order valence-electron chi connectivity index (χ3n) is 3.96. The third kappa shape index (κ3) is 18.2. The summed E-state index contributed by atoms with van der Waals surface area (Å²) in [5.74, 6) is 0. The third-order valence-corrected chi connectivity index (χ3v) is 5.19. The summed E-state index contributed by atoms with van der Waals surface area (Å²) >= 11 is 0. The van der Waals surface area contributed by atoms with Crippen molar-refractivity contribution in [1.82, 2.24) is 0 Å². The van der Waals surface area contributed by atoms with Crippen LogP contribution in [-0.2, 0) is 4.80 Å². The van der Waals surface area contributed by atoms with Crippen LogP contribution < -0.4 is 0 Å². The van der Waals surface area contributed by atoms with Crippen molar-refractivity contribution in [2.24, 2.45) is 0 Å². The minimum atomic E-state index is -1.51. The molecule has 0 saturated heterocycles. The van der Waals surface area contributed by atoms with Crippen LogP contribution in [0.5, 0.6) is 0 Å². The molecular formula is C17H37OSi. The van der Waals surface area contributed by atoms with Crippen LogP contribution in [0.15, 0.2) is 0 Å². The van der Waals surface area contributed by atoms with Crippen molar-refractivity contribution in [3.05, 3.63) is 0 Å². The highest BCUT2D eigenvalue weighted by atomic mass is 28.3. The predicted octanol–water partition coefficient (Wildman–Crippen LogP) is 6.25. The zero-order valence-electron chi connectivity index (χ0n) is 13.6. The zero-order valence-corrected chi connectivity index (χ0v) is 14.7. The maximum absolute atomic E-state index is 11.0. The number of rotatable bonds is 15. The summed E-state index contributed by atoms with van der Waals surface area (Å²) in [5, 5.41) is 0. The average Bonchev–Trinajstić information content (AvgIpc) is 2.39. The molecule has 0 saturated carbocycles. The second kappa shape index (κ2) is 16.2. The van der Waals surface area contributed by atoms with Gasteiger partial charge in [-0.15, -0.1) is 0 Å². The highest BCUT2D eigenvalue weighted by Crippen LogP contribution is 2.13. The molecule has 0 aromatic heterocycles. The van der Waals surface area contributed by atoms with Gasteiger partial charge in [0.2, 0.25) is 9.04 Å². The Kier molecular flexibility index (Phi) is 16.4. The van der Waals surface area contributed by atoms with Crippen molar-refractivity contribution in [2.45, 2.75) is 109 Å². The lowest BCUT2D eigenvalue weighted by Gasteiger charge is -2.03. The Morgan fingerprint density at radius 1 is 0.579 bits per heavy atom. The van der Waals surface area contributed by atoms with Crippen molar-refractivity contribution in [2.75, 3.05) is 0 Å². The fourth-order valence-electron chi connectivity index (χ4n) is 2.63. The Labute approximate surface area is 123 Å². The largest absolute Gasteiger partial charge is 0.302 e. The van der Waals surface area contributed by atoms with Crippen molar-refractivity contribution in [1.29, 1.82) is 0 Å². The first kappa shape index (κ1) is 19.2. The van der Waals surface area contributed by atoms with E-state index < -0.39 is 9.04 Å². The quantitative estimate of drug-likeness (QED) is 0.250. The minimum absolute atomic E-state index is 1.01. The average molecular weight is 286 g/mol. The van der Waals surface area contributed by atoms with Gasteiger partial charge in [-0.2, -0.15) is 0 Å². The first-order chi connectivity index (χ1) is 9.27. The molecule has 0 aromatic rings. The Hall–Kier alpha value is 0.177. The van der Waals surface area contributed by atoms with Crippen molar-refractivity contribution < 1.29 is 4.80 Å². The van der Waals surface area contributed by atoms with E-state index in [1.165, 1.54) is 89.9 Å². The second-order valence-electron chi connectivity index (χ2n) is 6.20. The fraction of sp³-hybridized carbons (Fsp3) is 1.00. The Bertz CT molecular complexity index is 159. The maximum atomic E-state index is 11.0. The normalized spacial score (nSPS) is 12.8. The molecule has 0 N–H and O–H groups in total. The van der Waals surface area contributed by atoms with Gasteiger partial charge in [-0.05, 0) is 12.6 Å². The van der Waals surface area contributed by atoms with E-state index in [1.807, 2.05) is 6.55 Å². The maximum Gasteiger partial charge on any atom is 0.219 e. The molecule has 1 radical (unpaired) electrons. The first-order valence-corrected chi connectivity index (χ1v) is 11.4. The zero-order chi connectivity index (χ0) is 14.2. The predicted molar refractivity (Wildman–Crippen MR) is 88.8 cm³/mol. The monoisotopic (exact) mass is 285 g/mol. The van der Waals surface area contributed by atoms with Crippen LogP contribution in [-0.4, -0.2) is 9.04 Å². The van der Waals surface area contributed by atoms with Crippen LogP contribution in [0.25, 0.3) is 0 Å². The van der Waals surface area contributed by atoms with Gasteiger partial charge < -0.3 is 4.80 Å². The van der Waals surface area contributed by atoms with Gasteiger partial charge in [0.1, 0.15) is 0 Å². The summed E-state index contributed by atoms with van der Waals surface area (Å²) in [6, 6.07) is 1.01. The van der Waals surface area contributed by atoms with E-state index in [0.29, 0.717) is 0 Å². The van der Waals surface area contributed by atoms with Crippen molar-refractivity contribution >= 4 is 9.04 Å². The molecule has 0 bridgehead atoms. The summed E-state index contributed by atoms with van der Waals surface area (Å²) in [6.07, 6.45) is 19.6. The van der Waals surface area contributed by atoms with E-state index in [2.05, 4.69) is 6.92 Å². The number of unbranched alkanes of at least 4 members (excludes halogenated alkanes) is 13. The molecule has 1 nitrogen and oxygen atoms in total. The smallest absolute Gasteiger partial charge is 0.219 e. The molecule has 19 heavy (non-hydrogen) atoms. The molecule has 0 heterocycles. The summed E-state index contributed by atoms with van der Waals surface area (Å²) in [7, 11) is -1.51. The van der Waals surface area contributed by atoms with E-state index in [-0.39, 0.29) is 0 Å². The molecule has 0 aliphatic rings. The van der Waals surface area contributed by atoms with Gasteiger partial charge in [0.25, 0.3) is 0 Å². The summed E-state index contributed by atoms with van der Waals surface area (Å²) in [4.78, 5) is 11.0. The van der Waals surface area contributed by atoms with Gasteiger partial charge in [0, 0.05) is 0 Å². The number of hydrogen-bond donors (Lipinski definition) is 0. The highest BCUT2D eigenvalue weighted by Gasteiger charge is 1.99. The fourth-order valence-corrected chi connectivity index (χ4v) is 3.49. The Morgan fingerprint density at radius 2 is 0.895 bits per heavy atom. The molecule has 1 atom stereocenters. The molecule has 0 aliphatic carbocycles. The van der Waals surface area contributed by atoms with Crippen LogP contribution in [0, 0.1) is 0 Å². The highest BCUT2D eigenvalue weighted by molar-refractivity contribution is 6.48. The van der Waals surface area contributed by atoms with Crippen LogP contribution in [0.4, 0.5) is 0 Å². The van der Waals surface area contributed by atoms with E-state index in [4.69, 9.17) is 0 Å². The van der Waals surface area contributed by atoms with Crippen LogP contribution in [0.3, 0.4) is 0 Å². The molecule has 0 aliphatic heterocycles. The van der Waals surface area contributed by atoms with E-state index in [9.17, 15) is 4.80 Å². The molecule has 0 spiro atoms. The van der Waals surface area contributed by atoms with Gasteiger partial charge in [-0.1, -0.05) is 96.8 Å². The van der Waals surface area contributed by atoms with Crippen LogP contribution in [0.1, 0.15) is 96.8 Å². The molecule has 0 amide bonds. The Morgan fingerprint density at radius 3 is 1.21 bits per heavy atom. The minimum Gasteiger partial charge on any atom is -0.302 e. The molecule has 2 heteroatoms. The number of hydrogen-bond acceptors (Lipinski definition) is 0. The van der Waals surface area contributed by atoms with Crippen LogP contribution >= 0.6 is 0 Å². The topological polar surface area (TPSA) is 19.9 Å². The standard InChI is InChI=1S/C17H37OSi/c1-3-4-5-6-7-8-9-10-11-12-13-14-15-16-17-19(2)18/h19H,3-17H2,1-2H3. The molecule has 1 unspecified atom stereocenters. The lowest BCUT2D eigenvalue weighted by Crippen LogP contribution is -2.01. The van der Waals surface area contributed by atoms with Gasteiger partial charge in [0.15, 0.2) is 0 Å². The van der Waals surface area contributed by atoms with Gasteiger partial charge in [-0.3, -0.25) is 0 Å². The molecule has 0 rings (SSSR count). The summed E-state index contributed by atoms with van der Waals surface area (Å²) in [5.41, 5.74) is 0. The lowest BCUT2D eigenvalue weighted by molar-refractivity contribution is 0.447. The Balaban J connectivity index is 2.91. The van der Waals surface area contributed by atoms with E-state index in [1.54, 1.807) is 0 Å². The van der Waals surface area contributed by atoms with Gasteiger partial charge in [0.05, 0.1) is 0 Å². The van der Waals surface area contributed by atoms with Crippen molar-refractivity contribution in [3.63, 3.8) is 0 Å². The van der Waals surface area contributed by atoms with Gasteiger partial charge >= 0.3 is 0 Å². The second-order valence-corrected chi connectivity index (χ2v) is 8.39. The molecule has 115 valence electrons. The lowest BCUT2D eigenvalue weighted by atomic mass is 10.0. The molecule has 0 fully saturated rings.